The number of nitrogens with one attached hydrogen (secondary N) is 1. The molecule has 0 unspecified atom stereocenters. The molecule has 0 amide bonds. The van der Waals surface area contributed by atoms with Gasteiger partial charge in [-0.2, -0.15) is 11.8 Å². The first-order valence-corrected chi connectivity index (χ1v) is 8.59. The van der Waals surface area contributed by atoms with Crippen molar-refractivity contribution in [2.75, 3.05) is 17.6 Å². The Balaban J connectivity index is 2.22. The molecular formula is C17H23N3S. The Bertz CT molecular complexity index is 555. The van der Waals surface area contributed by atoms with Crippen molar-refractivity contribution in [3.05, 3.63) is 42.2 Å². The van der Waals surface area contributed by atoms with Gasteiger partial charge in [-0.25, -0.2) is 9.97 Å². The van der Waals surface area contributed by atoms with E-state index in [0.29, 0.717) is 5.92 Å². The van der Waals surface area contributed by atoms with Crippen LogP contribution < -0.4 is 5.32 Å². The number of anilines is 1. The second kappa shape index (κ2) is 8.03. The monoisotopic (exact) mass is 301 g/mol. The first-order valence-electron chi connectivity index (χ1n) is 7.44. The number of nitrogens with zero attached hydrogens (tertiary/aromatic N) is 2. The van der Waals surface area contributed by atoms with E-state index in [0.717, 1.165) is 41.0 Å². The molecule has 1 aromatic heterocycles. The van der Waals surface area contributed by atoms with Gasteiger partial charge in [-0.05, 0) is 18.6 Å². The summed E-state index contributed by atoms with van der Waals surface area (Å²) in [6.45, 7) is 7.41. The summed E-state index contributed by atoms with van der Waals surface area (Å²) >= 11 is 1.89. The predicted octanol–water partition coefficient (Wildman–Crippen LogP) is 4.46. The minimum Gasteiger partial charge on any atom is -0.370 e. The van der Waals surface area contributed by atoms with Crippen molar-refractivity contribution < 1.29 is 0 Å². The van der Waals surface area contributed by atoms with Crippen LogP contribution in [0.3, 0.4) is 0 Å². The molecule has 3 nitrogen and oxygen atoms in total. The van der Waals surface area contributed by atoms with Crippen molar-refractivity contribution in [1.29, 1.82) is 0 Å². The van der Waals surface area contributed by atoms with Gasteiger partial charge in [0.05, 0.1) is 11.4 Å². The van der Waals surface area contributed by atoms with E-state index in [-0.39, 0.29) is 0 Å². The maximum Gasteiger partial charge on any atom is 0.141 e. The quantitative estimate of drug-likeness (QED) is 0.819. The van der Waals surface area contributed by atoms with E-state index in [9.17, 15) is 0 Å². The van der Waals surface area contributed by atoms with E-state index >= 15 is 0 Å². The van der Waals surface area contributed by atoms with Crippen molar-refractivity contribution in [2.45, 2.75) is 26.5 Å². The molecule has 1 heterocycles. The Morgan fingerprint density at radius 1 is 1.14 bits per heavy atom. The zero-order valence-electron chi connectivity index (χ0n) is 13.0. The molecule has 112 valence electrons. The second-order valence-electron chi connectivity index (χ2n) is 5.36. The van der Waals surface area contributed by atoms with E-state index in [1.54, 1.807) is 0 Å². The Labute approximate surface area is 131 Å². The van der Waals surface area contributed by atoms with Gasteiger partial charge < -0.3 is 5.32 Å². The fourth-order valence-electron chi connectivity index (χ4n) is 1.98. The van der Waals surface area contributed by atoms with E-state index in [2.05, 4.69) is 43.2 Å². The minimum atomic E-state index is 0.695. The van der Waals surface area contributed by atoms with Crippen molar-refractivity contribution in [3.8, 4) is 11.3 Å². The van der Waals surface area contributed by atoms with Crippen molar-refractivity contribution in [2.24, 2.45) is 5.92 Å². The van der Waals surface area contributed by atoms with Crippen LogP contribution in [0.2, 0.25) is 0 Å². The summed E-state index contributed by atoms with van der Waals surface area (Å²) < 4.78 is 0. The molecule has 0 aliphatic heterocycles. The van der Waals surface area contributed by atoms with Gasteiger partial charge in [-0.1, -0.05) is 44.2 Å². The van der Waals surface area contributed by atoms with Gasteiger partial charge >= 0.3 is 0 Å². The molecule has 0 aliphatic rings. The number of benzene rings is 1. The molecule has 4 heteroatoms. The number of aromatic nitrogens is 2. The van der Waals surface area contributed by atoms with Crippen LogP contribution in [0.1, 0.15) is 26.6 Å². The molecule has 0 bridgehead atoms. The predicted molar refractivity (Wildman–Crippen MR) is 92.6 cm³/mol. The molecule has 1 N–H and O–H groups in total. The van der Waals surface area contributed by atoms with E-state index in [1.165, 1.54) is 0 Å². The maximum atomic E-state index is 4.71. The van der Waals surface area contributed by atoms with Crippen LogP contribution in [0, 0.1) is 5.92 Å². The zero-order valence-corrected chi connectivity index (χ0v) is 13.8. The third-order valence-electron chi connectivity index (χ3n) is 2.88. The molecule has 1 aromatic carbocycles. The molecule has 0 saturated heterocycles. The van der Waals surface area contributed by atoms with E-state index < -0.39 is 0 Å². The SMILES string of the molecule is CCNc1cc(-c2ccccc2)nc(CSCC(C)C)n1. The van der Waals surface area contributed by atoms with Crippen LogP contribution in [-0.4, -0.2) is 22.3 Å². The lowest BCUT2D eigenvalue weighted by atomic mass is 10.1. The van der Waals surface area contributed by atoms with Gasteiger partial charge in [-0.3, -0.25) is 0 Å². The number of hydrogen-bond acceptors (Lipinski definition) is 4. The first kappa shape index (κ1) is 15.8. The molecule has 2 aromatic rings. The maximum absolute atomic E-state index is 4.71. The van der Waals surface area contributed by atoms with Crippen LogP contribution in [0.5, 0.6) is 0 Å². The summed E-state index contributed by atoms with van der Waals surface area (Å²) in [7, 11) is 0. The largest absolute Gasteiger partial charge is 0.370 e. The second-order valence-corrected chi connectivity index (χ2v) is 6.39. The first-order chi connectivity index (χ1) is 10.2. The third-order valence-corrected chi connectivity index (χ3v) is 4.25. The zero-order chi connectivity index (χ0) is 15.1. The van der Waals surface area contributed by atoms with Gasteiger partial charge in [0.1, 0.15) is 11.6 Å². The normalized spacial score (nSPS) is 10.9. The molecular weight excluding hydrogens is 278 g/mol. The summed E-state index contributed by atoms with van der Waals surface area (Å²) in [4.78, 5) is 9.31. The Hall–Kier alpha value is -1.55. The molecule has 0 saturated carbocycles. The Morgan fingerprint density at radius 2 is 1.90 bits per heavy atom. The van der Waals surface area contributed by atoms with Crippen LogP contribution in [0.15, 0.2) is 36.4 Å². The minimum absolute atomic E-state index is 0.695. The summed E-state index contributed by atoms with van der Waals surface area (Å²) in [5.74, 6) is 4.50. The molecule has 0 atom stereocenters. The van der Waals surface area contributed by atoms with Crippen LogP contribution >= 0.6 is 11.8 Å². The average Bonchev–Trinajstić information content (AvgIpc) is 2.48. The lowest BCUT2D eigenvalue weighted by Crippen LogP contribution is -2.04. The topological polar surface area (TPSA) is 37.8 Å². The third kappa shape index (κ3) is 5.05. The average molecular weight is 301 g/mol. The summed E-state index contributed by atoms with van der Waals surface area (Å²) in [6, 6.07) is 12.3. The summed E-state index contributed by atoms with van der Waals surface area (Å²) in [6.07, 6.45) is 0. The van der Waals surface area contributed by atoms with Crippen LogP contribution in [0.25, 0.3) is 11.3 Å². The van der Waals surface area contributed by atoms with Gasteiger partial charge in [0.15, 0.2) is 0 Å². The summed E-state index contributed by atoms with van der Waals surface area (Å²) in [5.41, 5.74) is 2.12. The highest BCUT2D eigenvalue weighted by atomic mass is 32.2. The van der Waals surface area contributed by atoms with Crippen molar-refractivity contribution in [1.82, 2.24) is 9.97 Å². The molecule has 2 rings (SSSR count). The Kier molecular flexibility index (Phi) is 6.05. The fourth-order valence-corrected chi connectivity index (χ4v) is 2.88. The van der Waals surface area contributed by atoms with Gasteiger partial charge in [0.25, 0.3) is 0 Å². The highest BCUT2D eigenvalue weighted by molar-refractivity contribution is 7.98. The van der Waals surface area contributed by atoms with Crippen molar-refractivity contribution >= 4 is 17.6 Å². The van der Waals surface area contributed by atoms with Crippen LogP contribution in [0.4, 0.5) is 5.82 Å². The molecule has 0 spiro atoms. The van der Waals surface area contributed by atoms with Gasteiger partial charge in [0, 0.05) is 18.2 Å². The van der Waals surface area contributed by atoms with E-state index in [1.807, 2.05) is 36.0 Å². The van der Waals surface area contributed by atoms with Crippen LogP contribution in [-0.2, 0) is 5.75 Å². The number of hydrogen-bond donors (Lipinski definition) is 1. The molecule has 21 heavy (non-hydrogen) atoms. The number of thioether (sulfide) groups is 1. The fraction of sp³-hybridized carbons (Fsp3) is 0.412. The van der Waals surface area contributed by atoms with Gasteiger partial charge in [0.2, 0.25) is 0 Å². The molecule has 0 aliphatic carbocycles. The van der Waals surface area contributed by atoms with Gasteiger partial charge in [-0.15, -0.1) is 0 Å². The lowest BCUT2D eigenvalue weighted by Gasteiger charge is -2.10. The molecule has 0 radical (unpaired) electrons. The summed E-state index contributed by atoms with van der Waals surface area (Å²) in [5, 5.41) is 3.30. The highest BCUT2D eigenvalue weighted by Crippen LogP contribution is 2.21. The molecule has 0 fully saturated rings. The standard InChI is InChI=1S/C17H23N3S/c1-4-18-16-10-15(14-8-6-5-7-9-14)19-17(20-16)12-21-11-13(2)3/h5-10,13H,4,11-12H2,1-3H3,(H,18,19,20). The smallest absolute Gasteiger partial charge is 0.141 e. The number of rotatable bonds is 7. The van der Waals surface area contributed by atoms with Crippen molar-refractivity contribution in [3.63, 3.8) is 0 Å². The van der Waals surface area contributed by atoms with E-state index in [4.69, 9.17) is 4.98 Å². The lowest BCUT2D eigenvalue weighted by molar-refractivity contribution is 0.750. The Morgan fingerprint density at radius 3 is 2.57 bits per heavy atom. The highest BCUT2D eigenvalue weighted by Gasteiger charge is 2.07.